The summed E-state index contributed by atoms with van der Waals surface area (Å²) in [7, 11) is 0. The molecule has 0 fully saturated rings. The van der Waals surface area contributed by atoms with Gasteiger partial charge >= 0.3 is 0 Å². The van der Waals surface area contributed by atoms with Gasteiger partial charge < -0.3 is 5.32 Å². The molecule has 1 nitrogen and oxygen atoms in total. The quantitative estimate of drug-likeness (QED) is 0.842. The van der Waals surface area contributed by atoms with Crippen LogP contribution in [0.4, 0.5) is 8.78 Å². The fraction of sp³-hybridized carbons (Fsp3) is 0.200. The zero-order valence-corrected chi connectivity index (χ0v) is 11.0. The number of halogens is 3. The van der Waals surface area contributed by atoms with Gasteiger partial charge in [-0.1, -0.05) is 18.2 Å². The second-order valence-corrected chi connectivity index (χ2v) is 4.58. The van der Waals surface area contributed by atoms with Crippen molar-refractivity contribution in [2.45, 2.75) is 12.5 Å². The Morgan fingerprint density at radius 2 is 1.63 bits per heavy atom. The molecule has 3 rings (SSSR count). The predicted molar refractivity (Wildman–Crippen MR) is 73.6 cm³/mol. The summed E-state index contributed by atoms with van der Waals surface area (Å²) in [5.74, 6) is -0.285. The molecule has 0 amide bonds. The highest BCUT2D eigenvalue weighted by atomic mass is 35.5. The lowest BCUT2D eigenvalue weighted by Gasteiger charge is -2.26. The number of nitrogens with one attached hydrogen (secondary N) is 1. The summed E-state index contributed by atoms with van der Waals surface area (Å²) >= 11 is 0. The topological polar surface area (TPSA) is 12.0 Å². The molecular formula is C15H14ClF2N. The molecule has 4 heteroatoms. The van der Waals surface area contributed by atoms with E-state index in [4.69, 9.17) is 0 Å². The van der Waals surface area contributed by atoms with Crippen LogP contribution in [-0.2, 0) is 6.54 Å². The molecule has 0 saturated carbocycles. The molecule has 0 bridgehead atoms. The van der Waals surface area contributed by atoms with Crippen LogP contribution < -0.4 is 5.32 Å². The number of benzene rings is 2. The molecule has 1 N–H and O–H groups in total. The number of rotatable bonds is 1. The van der Waals surface area contributed by atoms with Crippen molar-refractivity contribution in [1.29, 1.82) is 0 Å². The van der Waals surface area contributed by atoms with Crippen molar-refractivity contribution in [2.75, 3.05) is 6.54 Å². The normalized spacial score (nSPS) is 17.5. The van der Waals surface area contributed by atoms with Crippen LogP contribution in [0.25, 0.3) is 0 Å². The average Bonchev–Trinajstić information content (AvgIpc) is 2.38. The molecule has 1 unspecified atom stereocenters. The summed E-state index contributed by atoms with van der Waals surface area (Å²) in [6.07, 6.45) is 0. The zero-order valence-electron chi connectivity index (χ0n) is 10.2. The monoisotopic (exact) mass is 281 g/mol. The Balaban J connectivity index is 0.00000133. The van der Waals surface area contributed by atoms with Crippen molar-refractivity contribution < 1.29 is 8.78 Å². The number of fused-ring (bicyclic) bond motifs is 1. The lowest BCUT2D eigenvalue weighted by atomic mass is 9.85. The summed E-state index contributed by atoms with van der Waals surface area (Å²) in [5.41, 5.74) is 3.16. The van der Waals surface area contributed by atoms with E-state index in [0.717, 1.165) is 23.2 Å². The molecule has 19 heavy (non-hydrogen) atoms. The third-order valence-electron chi connectivity index (χ3n) is 3.42. The third-order valence-corrected chi connectivity index (χ3v) is 3.42. The fourth-order valence-corrected chi connectivity index (χ4v) is 2.52. The first-order valence-electron chi connectivity index (χ1n) is 5.98. The molecule has 100 valence electrons. The molecule has 0 spiro atoms. The second-order valence-electron chi connectivity index (χ2n) is 4.58. The Bertz CT molecular complexity index is 569. The molecule has 2 aromatic rings. The molecule has 0 aromatic heterocycles. The van der Waals surface area contributed by atoms with E-state index in [-0.39, 0.29) is 30.0 Å². The van der Waals surface area contributed by atoms with Crippen LogP contribution in [0, 0.1) is 11.6 Å². The van der Waals surface area contributed by atoms with Gasteiger partial charge in [-0.2, -0.15) is 0 Å². The molecule has 2 aromatic carbocycles. The Hall–Kier alpha value is -1.45. The molecule has 1 aliphatic rings. The fourth-order valence-electron chi connectivity index (χ4n) is 2.52. The second kappa shape index (κ2) is 5.68. The maximum absolute atomic E-state index is 13.2. The van der Waals surface area contributed by atoms with Gasteiger partial charge in [-0.3, -0.25) is 0 Å². The number of hydrogen-bond acceptors (Lipinski definition) is 1. The van der Waals surface area contributed by atoms with Gasteiger partial charge in [0.25, 0.3) is 0 Å². The highest BCUT2D eigenvalue weighted by Crippen LogP contribution is 2.30. The Morgan fingerprint density at radius 3 is 2.37 bits per heavy atom. The van der Waals surface area contributed by atoms with Crippen molar-refractivity contribution in [3.63, 3.8) is 0 Å². The molecule has 1 aliphatic heterocycles. The molecule has 0 radical (unpaired) electrons. The van der Waals surface area contributed by atoms with E-state index in [1.807, 2.05) is 6.07 Å². The minimum absolute atomic E-state index is 0. The van der Waals surface area contributed by atoms with Gasteiger partial charge in [0, 0.05) is 19.0 Å². The highest BCUT2D eigenvalue weighted by Gasteiger charge is 2.21. The smallest absolute Gasteiger partial charge is 0.123 e. The van der Waals surface area contributed by atoms with E-state index >= 15 is 0 Å². The van der Waals surface area contributed by atoms with Gasteiger partial charge in [0.2, 0.25) is 0 Å². The standard InChI is InChI=1S/C15H13F2N.ClH/c16-12-3-1-10(2-4-12)15-9-18-8-11-7-13(17)5-6-14(11)15;/h1-7,15,18H,8-9H2;1H. The first-order chi connectivity index (χ1) is 8.74. The van der Waals surface area contributed by atoms with Crippen molar-refractivity contribution >= 4 is 12.4 Å². The summed E-state index contributed by atoms with van der Waals surface area (Å²) in [5, 5.41) is 3.27. The predicted octanol–water partition coefficient (Wildman–Crippen LogP) is 3.62. The van der Waals surface area contributed by atoms with Crippen molar-refractivity contribution in [3.8, 4) is 0 Å². The molecule has 1 atom stereocenters. The minimum Gasteiger partial charge on any atom is -0.312 e. The Labute approximate surface area is 117 Å². The molecule has 0 saturated heterocycles. The Morgan fingerprint density at radius 1 is 0.947 bits per heavy atom. The number of hydrogen-bond donors (Lipinski definition) is 1. The van der Waals surface area contributed by atoms with Crippen LogP contribution in [-0.4, -0.2) is 6.54 Å². The van der Waals surface area contributed by atoms with E-state index < -0.39 is 0 Å². The van der Waals surface area contributed by atoms with E-state index in [1.165, 1.54) is 18.2 Å². The van der Waals surface area contributed by atoms with E-state index in [2.05, 4.69) is 5.32 Å². The Kier molecular flexibility index (Phi) is 4.17. The average molecular weight is 282 g/mol. The van der Waals surface area contributed by atoms with Gasteiger partial charge in [-0.05, 0) is 41.0 Å². The summed E-state index contributed by atoms with van der Waals surface area (Å²) in [6, 6.07) is 11.4. The van der Waals surface area contributed by atoms with Gasteiger partial charge in [-0.15, -0.1) is 12.4 Å². The van der Waals surface area contributed by atoms with E-state index in [1.54, 1.807) is 18.2 Å². The largest absolute Gasteiger partial charge is 0.312 e. The summed E-state index contributed by atoms with van der Waals surface area (Å²) < 4.78 is 26.1. The first-order valence-corrected chi connectivity index (χ1v) is 5.98. The van der Waals surface area contributed by atoms with Crippen LogP contribution in [0.1, 0.15) is 22.6 Å². The van der Waals surface area contributed by atoms with Gasteiger partial charge in [-0.25, -0.2) is 8.78 Å². The zero-order chi connectivity index (χ0) is 12.5. The summed E-state index contributed by atoms with van der Waals surface area (Å²) in [6.45, 7) is 1.48. The SMILES string of the molecule is Cl.Fc1ccc(C2CNCc3cc(F)ccc32)cc1. The minimum atomic E-state index is -0.234. The van der Waals surface area contributed by atoms with Crippen molar-refractivity contribution in [3.05, 3.63) is 70.8 Å². The lowest BCUT2D eigenvalue weighted by Crippen LogP contribution is -2.28. The maximum Gasteiger partial charge on any atom is 0.123 e. The van der Waals surface area contributed by atoms with Crippen LogP contribution in [0.3, 0.4) is 0 Å². The van der Waals surface area contributed by atoms with E-state index in [9.17, 15) is 8.78 Å². The van der Waals surface area contributed by atoms with Crippen LogP contribution >= 0.6 is 12.4 Å². The molecule has 0 aliphatic carbocycles. The lowest BCUT2D eigenvalue weighted by molar-refractivity contribution is 0.574. The van der Waals surface area contributed by atoms with Gasteiger partial charge in [0.05, 0.1) is 0 Å². The van der Waals surface area contributed by atoms with E-state index in [0.29, 0.717) is 6.54 Å². The third kappa shape index (κ3) is 2.77. The summed E-state index contributed by atoms with van der Waals surface area (Å²) in [4.78, 5) is 0. The molecular weight excluding hydrogens is 268 g/mol. The maximum atomic E-state index is 13.2. The highest BCUT2D eigenvalue weighted by molar-refractivity contribution is 5.85. The van der Waals surface area contributed by atoms with Crippen molar-refractivity contribution in [1.82, 2.24) is 5.32 Å². The van der Waals surface area contributed by atoms with Gasteiger partial charge in [0.1, 0.15) is 11.6 Å². The van der Waals surface area contributed by atoms with Crippen molar-refractivity contribution in [2.24, 2.45) is 0 Å². The first kappa shape index (κ1) is 14.0. The van der Waals surface area contributed by atoms with Crippen LogP contribution in [0.15, 0.2) is 42.5 Å². The molecule has 1 heterocycles. The van der Waals surface area contributed by atoms with Gasteiger partial charge in [0.15, 0.2) is 0 Å². The van der Waals surface area contributed by atoms with Crippen LogP contribution in [0.2, 0.25) is 0 Å². The van der Waals surface area contributed by atoms with Crippen LogP contribution in [0.5, 0.6) is 0 Å².